The van der Waals surface area contributed by atoms with E-state index in [-0.39, 0.29) is 5.75 Å². The predicted octanol–water partition coefficient (Wildman–Crippen LogP) is 4.83. The van der Waals surface area contributed by atoms with E-state index in [0.29, 0.717) is 5.82 Å². The molecule has 0 saturated carbocycles. The van der Waals surface area contributed by atoms with Crippen molar-refractivity contribution in [3.8, 4) is 16.9 Å². The molecular weight excluding hydrogens is 358 g/mol. The summed E-state index contributed by atoms with van der Waals surface area (Å²) in [6.07, 6.45) is 7.12. The number of hydrogen-bond donors (Lipinski definition) is 3. The van der Waals surface area contributed by atoms with Gasteiger partial charge in [-0.25, -0.2) is 9.97 Å². The molecule has 0 fully saturated rings. The maximum Gasteiger partial charge on any atom is 0.141 e. The van der Waals surface area contributed by atoms with Crippen molar-refractivity contribution >= 4 is 40.0 Å². The monoisotopic (exact) mass is 375 g/mol. The summed E-state index contributed by atoms with van der Waals surface area (Å²) >= 11 is 1.53. The van der Waals surface area contributed by atoms with Crippen LogP contribution in [0, 0.1) is 0 Å². The first-order valence-electron chi connectivity index (χ1n) is 8.28. The summed E-state index contributed by atoms with van der Waals surface area (Å²) < 4.78 is 3.20. The summed E-state index contributed by atoms with van der Waals surface area (Å²) in [6.45, 7) is 0. The van der Waals surface area contributed by atoms with E-state index in [4.69, 9.17) is 0 Å². The standard InChI is InChI=1S/C20H17N5OS/c1-27-25-16-7-14(10-21-11-16)13-5-6-19-18(8-13)20(23-12-22-19)24-15-3-2-4-17(26)9-15/h2-12,25-26H,1H3,(H,22,23,24). The molecule has 0 amide bonds. The Kier molecular flexibility index (Phi) is 4.76. The Morgan fingerprint density at radius 3 is 2.70 bits per heavy atom. The zero-order valence-corrected chi connectivity index (χ0v) is 15.4. The Bertz CT molecular complexity index is 1100. The number of phenols is 1. The number of phenolic OH excluding ortho intramolecular Hbond substituents is 1. The molecule has 0 radical (unpaired) electrons. The van der Waals surface area contributed by atoms with Gasteiger partial charge in [0.05, 0.1) is 17.4 Å². The first-order valence-corrected chi connectivity index (χ1v) is 9.50. The van der Waals surface area contributed by atoms with Crippen LogP contribution < -0.4 is 10.0 Å². The van der Waals surface area contributed by atoms with Gasteiger partial charge in [0.15, 0.2) is 0 Å². The molecule has 0 aliphatic heterocycles. The van der Waals surface area contributed by atoms with Gasteiger partial charge in [-0.15, -0.1) is 0 Å². The van der Waals surface area contributed by atoms with Crippen LogP contribution in [0.15, 0.2) is 67.3 Å². The van der Waals surface area contributed by atoms with Crippen LogP contribution in [-0.4, -0.2) is 26.3 Å². The van der Waals surface area contributed by atoms with E-state index < -0.39 is 0 Å². The Hall–Kier alpha value is -3.32. The molecule has 2 aromatic heterocycles. The Morgan fingerprint density at radius 1 is 0.926 bits per heavy atom. The van der Waals surface area contributed by atoms with E-state index in [2.05, 4.69) is 31.1 Å². The van der Waals surface area contributed by atoms with Crippen molar-refractivity contribution in [1.82, 2.24) is 15.0 Å². The van der Waals surface area contributed by atoms with E-state index in [0.717, 1.165) is 33.4 Å². The molecule has 0 saturated heterocycles. The second-order valence-electron chi connectivity index (χ2n) is 5.90. The summed E-state index contributed by atoms with van der Waals surface area (Å²) in [6, 6.07) is 15.0. The van der Waals surface area contributed by atoms with Crippen LogP contribution in [0.25, 0.3) is 22.0 Å². The number of benzene rings is 2. The lowest BCUT2D eigenvalue weighted by Gasteiger charge is -2.10. The van der Waals surface area contributed by atoms with Crippen LogP contribution in [0.5, 0.6) is 5.75 Å². The quantitative estimate of drug-likeness (QED) is 0.431. The highest BCUT2D eigenvalue weighted by Gasteiger charge is 2.08. The van der Waals surface area contributed by atoms with Gasteiger partial charge in [0, 0.05) is 35.2 Å². The minimum atomic E-state index is 0.197. The zero-order valence-electron chi connectivity index (χ0n) is 14.5. The number of aromatic nitrogens is 3. The van der Waals surface area contributed by atoms with Gasteiger partial charge < -0.3 is 15.1 Å². The van der Waals surface area contributed by atoms with Gasteiger partial charge in [-0.2, -0.15) is 0 Å². The highest BCUT2D eigenvalue weighted by atomic mass is 32.2. The topological polar surface area (TPSA) is 83.0 Å². The molecule has 4 aromatic rings. The van der Waals surface area contributed by atoms with E-state index >= 15 is 0 Å². The minimum Gasteiger partial charge on any atom is -0.508 e. The van der Waals surface area contributed by atoms with Crippen LogP contribution in [0.4, 0.5) is 17.2 Å². The molecule has 7 heteroatoms. The van der Waals surface area contributed by atoms with E-state index in [1.54, 1.807) is 24.4 Å². The average molecular weight is 375 g/mol. The fourth-order valence-electron chi connectivity index (χ4n) is 2.83. The molecule has 27 heavy (non-hydrogen) atoms. The van der Waals surface area contributed by atoms with Crippen LogP contribution in [-0.2, 0) is 0 Å². The fraction of sp³-hybridized carbons (Fsp3) is 0.0500. The second-order valence-corrected chi connectivity index (χ2v) is 6.51. The maximum atomic E-state index is 9.68. The third-order valence-corrected chi connectivity index (χ3v) is 4.48. The zero-order chi connectivity index (χ0) is 18.6. The molecule has 0 atom stereocenters. The number of rotatable bonds is 5. The van der Waals surface area contributed by atoms with Gasteiger partial charge in [-0.05, 0) is 35.9 Å². The summed E-state index contributed by atoms with van der Waals surface area (Å²) in [5, 5.41) is 13.8. The first kappa shape index (κ1) is 17.1. The maximum absolute atomic E-state index is 9.68. The number of aromatic hydroxyl groups is 1. The third-order valence-electron chi connectivity index (χ3n) is 4.04. The number of fused-ring (bicyclic) bond motifs is 1. The van der Waals surface area contributed by atoms with Crippen molar-refractivity contribution in [3.05, 3.63) is 67.3 Å². The van der Waals surface area contributed by atoms with Crippen LogP contribution in [0.3, 0.4) is 0 Å². The Balaban J connectivity index is 1.76. The largest absolute Gasteiger partial charge is 0.508 e. The number of nitrogens with one attached hydrogen (secondary N) is 2. The average Bonchev–Trinajstić information content (AvgIpc) is 2.68. The molecule has 3 N–H and O–H groups in total. The van der Waals surface area contributed by atoms with Gasteiger partial charge in [-0.1, -0.05) is 24.1 Å². The van der Waals surface area contributed by atoms with Crippen molar-refractivity contribution in [2.75, 3.05) is 16.3 Å². The summed E-state index contributed by atoms with van der Waals surface area (Å²) in [7, 11) is 0. The molecule has 2 aromatic carbocycles. The lowest BCUT2D eigenvalue weighted by atomic mass is 10.0. The van der Waals surface area contributed by atoms with Gasteiger partial charge in [0.1, 0.15) is 17.9 Å². The van der Waals surface area contributed by atoms with E-state index in [1.165, 1.54) is 18.3 Å². The molecule has 2 heterocycles. The first-order chi connectivity index (χ1) is 13.2. The van der Waals surface area contributed by atoms with Crippen molar-refractivity contribution in [1.29, 1.82) is 0 Å². The molecular formula is C20H17N5OS. The second kappa shape index (κ2) is 7.51. The SMILES string of the molecule is CSNc1cncc(-c2ccc3ncnc(Nc4cccc(O)c4)c3c2)c1. The molecule has 4 rings (SSSR count). The van der Waals surface area contributed by atoms with Crippen molar-refractivity contribution in [2.45, 2.75) is 0 Å². The summed E-state index contributed by atoms with van der Waals surface area (Å²) in [5.41, 5.74) is 4.56. The van der Waals surface area contributed by atoms with Crippen LogP contribution in [0.1, 0.15) is 0 Å². The van der Waals surface area contributed by atoms with Gasteiger partial charge in [-0.3, -0.25) is 4.98 Å². The summed E-state index contributed by atoms with van der Waals surface area (Å²) in [5.74, 6) is 0.877. The molecule has 0 aliphatic rings. The smallest absolute Gasteiger partial charge is 0.141 e. The van der Waals surface area contributed by atoms with Crippen molar-refractivity contribution in [2.24, 2.45) is 0 Å². The molecule has 0 spiro atoms. The number of anilines is 3. The molecule has 0 aliphatic carbocycles. The van der Waals surface area contributed by atoms with Gasteiger partial charge in [0.2, 0.25) is 0 Å². The van der Waals surface area contributed by atoms with Crippen molar-refractivity contribution < 1.29 is 5.11 Å². The van der Waals surface area contributed by atoms with Gasteiger partial charge in [0.25, 0.3) is 0 Å². The summed E-state index contributed by atoms with van der Waals surface area (Å²) in [4.78, 5) is 13.0. The number of hydrogen-bond acceptors (Lipinski definition) is 7. The van der Waals surface area contributed by atoms with E-state index in [9.17, 15) is 5.11 Å². The number of pyridine rings is 1. The lowest BCUT2D eigenvalue weighted by Crippen LogP contribution is -1.96. The third kappa shape index (κ3) is 3.78. The molecule has 0 bridgehead atoms. The van der Waals surface area contributed by atoms with Crippen LogP contribution >= 0.6 is 11.9 Å². The highest BCUT2D eigenvalue weighted by Crippen LogP contribution is 2.30. The fourth-order valence-corrected chi connectivity index (χ4v) is 3.17. The van der Waals surface area contributed by atoms with Gasteiger partial charge >= 0.3 is 0 Å². The van der Waals surface area contributed by atoms with Crippen LogP contribution in [0.2, 0.25) is 0 Å². The number of nitrogens with zero attached hydrogens (tertiary/aromatic N) is 3. The minimum absolute atomic E-state index is 0.197. The normalized spacial score (nSPS) is 10.7. The van der Waals surface area contributed by atoms with E-state index in [1.807, 2.05) is 36.7 Å². The van der Waals surface area contributed by atoms with Crippen molar-refractivity contribution in [3.63, 3.8) is 0 Å². The Labute approximate surface area is 160 Å². The lowest BCUT2D eigenvalue weighted by molar-refractivity contribution is 0.475. The Morgan fingerprint density at radius 2 is 1.85 bits per heavy atom. The highest BCUT2D eigenvalue weighted by molar-refractivity contribution is 7.99. The molecule has 134 valence electrons. The molecule has 0 unspecified atom stereocenters. The predicted molar refractivity (Wildman–Crippen MR) is 111 cm³/mol. The molecule has 6 nitrogen and oxygen atoms in total.